The van der Waals surface area contributed by atoms with Crippen LogP contribution in [0.1, 0.15) is 34.1 Å². The molecule has 0 rings (SSSR count). The van der Waals surface area contributed by atoms with Crippen LogP contribution >= 0.6 is 0 Å². The minimum atomic E-state index is -3.30. The fourth-order valence-electron chi connectivity index (χ4n) is 1.22. The van der Waals surface area contributed by atoms with Crippen LogP contribution in [0.2, 0.25) is 0 Å². The van der Waals surface area contributed by atoms with E-state index in [1.807, 2.05) is 0 Å². The molecule has 0 aliphatic rings. The summed E-state index contributed by atoms with van der Waals surface area (Å²) in [6, 6.07) is -0.140. The van der Waals surface area contributed by atoms with Gasteiger partial charge < -0.3 is 10.9 Å². The van der Waals surface area contributed by atoms with E-state index in [0.29, 0.717) is 0 Å². The number of amidine groups is 1. The molecular weight excluding hydrogens is 230 g/mol. The largest absolute Gasteiger partial charge is 0.409 e. The van der Waals surface area contributed by atoms with Gasteiger partial charge >= 0.3 is 0 Å². The summed E-state index contributed by atoms with van der Waals surface area (Å²) < 4.78 is 25.3. The second kappa shape index (κ2) is 6.05. The molecule has 3 N–H and O–H groups in total. The van der Waals surface area contributed by atoms with Gasteiger partial charge in [-0.2, -0.15) is 4.31 Å². The predicted molar refractivity (Wildman–Crippen MR) is 63.9 cm³/mol. The minimum absolute atomic E-state index is 0.0320. The first-order valence-corrected chi connectivity index (χ1v) is 6.70. The zero-order chi connectivity index (χ0) is 12.9. The Hall–Kier alpha value is -0.820. The maximum absolute atomic E-state index is 12.0. The van der Waals surface area contributed by atoms with Crippen LogP contribution < -0.4 is 5.73 Å². The third-order valence-electron chi connectivity index (χ3n) is 2.22. The normalized spacial score (nSPS) is 14.1. The number of rotatable bonds is 6. The van der Waals surface area contributed by atoms with Gasteiger partial charge in [0.15, 0.2) is 0 Å². The molecule has 0 aromatic heterocycles. The molecule has 16 heavy (non-hydrogen) atoms. The summed E-state index contributed by atoms with van der Waals surface area (Å²) in [5, 5.41) is 10.7. The Morgan fingerprint density at radius 2 is 1.88 bits per heavy atom. The number of sulfonamides is 1. The third-order valence-corrected chi connectivity index (χ3v) is 4.66. The molecule has 0 aromatic rings. The van der Waals surface area contributed by atoms with Crippen molar-refractivity contribution in [3.63, 3.8) is 0 Å². The van der Waals surface area contributed by atoms with Gasteiger partial charge in [0.2, 0.25) is 10.0 Å². The molecule has 0 spiro atoms. The molecule has 0 bridgehead atoms. The molecule has 0 aliphatic heterocycles. The van der Waals surface area contributed by atoms with Crippen molar-refractivity contribution < 1.29 is 13.6 Å². The Balaban J connectivity index is 4.78. The van der Waals surface area contributed by atoms with Gasteiger partial charge in [0, 0.05) is 19.0 Å². The summed E-state index contributed by atoms with van der Waals surface area (Å²) >= 11 is 0. The summed E-state index contributed by atoms with van der Waals surface area (Å²) in [6.45, 7) is 7.09. The number of nitrogens with zero attached hydrogens (tertiary/aromatic N) is 2. The SMILES string of the molecule is CC(C)N(CCC(N)=NO)S(=O)(=O)C(C)C. The van der Waals surface area contributed by atoms with E-state index in [0.717, 1.165) is 0 Å². The highest BCUT2D eigenvalue weighted by atomic mass is 32.2. The Morgan fingerprint density at radius 1 is 1.38 bits per heavy atom. The minimum Gasteiger partial charge on any atom is -0.409 e. The number of oxime groups is 1. The predicted octanol–water partition coefficient (Wildman–Crippen LogP) is 0.572. The van der Waals surface area contributed by atoms with E-state index >= 15 is 0 Å². The van der Waals surface area contributed by atoms with Gasteiger partial charge in [-0.15, -0.1) is 0 Å². The smallest absolute Gasteiger partial charge is 0.216 e. The molecule has 0 aliphatic carbocycles. The average molecular weight is 251 g/mol. The molecule has 0 fully saturated rings. The van der Waals surface area contributed by atoms with Crippen molar-refractivity contribution in [3.8, 4) is 0 Å². The molecule has 0 unspecified atom stereocenters. The maximum atomic E-state index is 12.0. The van der Waals surface area contributed by atoms with Gasteiger partial charge in [0.1, 0.15) is 5.84 Å². The van der Waals surface area contributed by atoms with E-state index in [2.05, 4.69) is 5.16 Å². The van der Waals surface area contributed by atoms with Crippen molar-refractivity contribution in [1.82, 2.24) is 4.31 Å². The first kappa shape index (κ1) is 15.2. The average Bonchev–Trinajstić information content (AvgIpc) is 2.16. The molecule has 0 saturated carbocycles. The molecule has 0 saturated heterocycles. The molecule has 7 heteroatoms. The van der Waals surface area contributed by atoms with Crippen molar-refractivity contribution in [3.05, 3.63) is 0 Å². The van der Waals surface area contributed by atoms with E-state index in [-0.39, 0.29) is 24.8 Å². The molecule has 0 amide bonds. The molecule has 0 heterocycles. The number of hydrogen-bond acceptors (Lipinski definition) is 4. The molecular formula is C9H21N3O3S. The van der Waals surface area contributed by atoms with Crippen molar-refractivity contribution in [1.29, 1.82) is 0 Å². The lowest BCUT2D eigenvalue weighted by Crippen LogP contribution is -2.42. The quantitative estimate of drug-likeness (QED) is 0.312. The van der Waals surface area contributed by atoms with E-state index in [1.165, 1.54) is 4.31 Å². The number of nitrogens with two attached hydrogens (primary N) is 1. The van der Waals surface area contributed by atoms with Gasteiger partial charge in [-0.1, -0.05) is 5.16 Å². The fraction of sp³-hybridized carbons (Fsp3) is 0.889. The topological polar surface area (TPSA) is 96.0 Å². The van der Waals surface area contributed by atoms with E-state index in [4.69, 9.17) is 10.9 Å². The van der Waals surface area contributed by atoms with Crippen LogP contribution in [0.4, 0.5) is 0 Å². The Bertz CT molecular complexity index is 336. The highest BCUT2D eigenvalue weighted by Gasteiger charge is 2.27. The Morgan fingerprint density at radius 3 is 2.19 bits per heavy atom. The zero-order valence-corrected chi connectivity index (χ0v) is 11.0. The van der Waals surface area contributed by atoms with Gasteiger partial charge in [-0.3, -0.25) is 0 Å². The highest BCUT2D eigenvalue weighted by Crippen LogP contribution is 2.13. The van der Waals surface area contributed by atoms with Crippen LogP contribution in [-0.2, 0) is 10.0 Å². The van der Waals surface area contributed by atoms with Gasteiger partial charge in [0.05, 0.1) is 5.25 Å². The molecule has 0 aromatic carbocycles. The van der Waals surface area contributed by atoms with Crippen LogP contribution in [0, 0.1) is 0 Å². The summed E-state index contributed by atoms with van der Waals surface area (Å²) in [4.78, 5) is 0. The van der Waals surface area contributed by atoms with Gasteiger partial charge in [-0.05, 0) is 27.7 Å². The Labute approximate surface area is 97.2 Å². The van der Waals surface area contributed by atoms with E-state index in [1.54, 1.807) is 27.7 Å². The third kappa shape index (κ3) is 3.97. The standard InChI is InChI=1S/C9H21N3O3S/c1-7(2)12(6-5-9(10)11-13)16(14,15)8(3)4/h7-8,13H,5-6H2,1-4H3,(H2,10,11). The summed E-state index contributed by atoms with van der Waals surface area (Å²) in [7, 11) is -3.30. The summed E-state index contributed by atoms with van der Waals surface area (Å²) in [5.41, 5.74) is 5.32. The van der Waals surface area contributed by atoms with Crippen LogP contribution in [0.15, 0.2) is 5.16 Å². The van der Waals surface area contributed by atoms with Gasteiger partial charge in [0.25, 0.3) is 0 Å². The van der Waals surface area contributed by atoms with Crippen molar-refractivity contribution in [2.24, 2.45) is 10.9 Å². The highest BCUT2D eigenvalue weighted by molar-refractivity contribution is 7.89. The van der Waals surface area contributed by atoms with Crippen molar-refractivity contribution in [2.45, 2.75) is 45.4 Å². The van der Waals surface area contributed by atoms with Crippen LogP contribution in [0.3, 0.4) is 0 Å². The first-order valence-electron chi connectivity index (χ1n) is 5.20. The lowest BCUT2D eigenvalue weighted by Gasteiger charge is -2.27. The fourth-order valence-corrected chi connectivity index (χ4v) is 2.70. The molecule has 6 nitrogen and oxygen atoms in total. The lowest BCUT2D eigenvalue weighted by atomic mass is 10.3. The van der Waals surface area contributed by atoms with E-state index < -0.39 is 15.3 Å². The first-order chi connectivity index (χ1) is 7.23. The second-order valence-electron chi connectivity index (χ2n) is 4.14. The van der Waals surface area contributed by atoms with Crippen LogP contribution in [-0.4, -0.2) is 41.6 Å². The maximum Gasteiger partial charge on any atom is 0.216 e. The van der Waals surface area contributed by atoms with E-state index in [9.17, 15) is 8.42 Å². The molecule has 0 radical (unpaired) electrons. The van der Waals surface area contributed by atoms with Crippen molar-refractivity contribution >= 4 is 15.9 Å². The van der Waals surface area contributed by atoms with Gasteiger partial charge in [-0.25, -0.2) is 8.42 Å². The summed E-state index contributed by atoms with van der Waals surface area (Å²) in [6.07, 6.45) is 0.223. The number of hydrogen-bond donors (Lipinski definition) is 2. The monoisotopic (exact) mass is 251 g/mol. The van der Waals surface area contributed by atoms with Crippen LogP contribution in [0.25, 0.3) is 0 Å². The molecule has 0 atom stereocenters. The molecule has 96 valence electrons. The second-order valence-corrected chi connectivity index (χ2v) is 6.58. The summed E-state index contributed by atoms with van der Waals surface area (Å²) in [5.74, 6) is 0.0320. The van der Waals surface area contributed by atoms with Crippen molar-refractivity contribution in [2.75, 3.05) is 6.54 Å². The Kier molecular flexibility index (Phi) is 5.74. The lowest BCUT2D eigenvalue weighted by molar-refractivity contribution is 0.313. The zero-order valence-electron chi connectivity index (χ0n) is 10.2. The van der Waals surface area contributed by atoms with Crippen LogP contribution in [0.5, 0.6) is 0 Å².